The summed E-state index contributed by atoms with van der Waals surface area (Å²) in [6.07, 6.45) is 0. The number of benzene rings is 7. The van der Waals surface area contributed by atoms with E-state index < -0.39 is 0 Å². The van der Waals surface area contributed by atoms with Crippen LogP contribution in [-0.4, -0.2) is 4.57 Å². The Morgan fingerprint density at radius 2 is 0.727 bits per heavy atom. The Morgan fingerprint density at radius 3 is 1.14 bits per heavy atom. The largest absolute Gasteiger partial charge is 0.309 e. The summed E-state index contributed by atoms with van der Waals surface area (Å²) >= 11 is 0. The second kappa shape index (κ2) is 9.96. The lowest BCUT2D eigenvalue weighted by atomic mass is 9.83. The Kier molecular flexibility index (Phi) is 6.00. The molecule has 0 atom stereocenters. The standard InChI is InChI=1S/C43H35N/c1-26-14-16-31(17-15-26)42-36-22-27(2)29(4)24-38(36)43(39-25-30(5)28(3)23-37(39)42)32-18-20-33(21-19-32)44-40-12-8-6-10-34(40)35-11-7-9-13-41(35)44/h6-25H,1-5H3. The van der Waals surface area contributed by atoms with E-state index in [0.29, 0.717) is 0 Å². The van der Waals surface area contributed by atoms with Crippen LogP contribution in [0, 0.1) is 34.6 Å². The van der Waals surface area contributed by atoms with Crippen molar-refractivity contribution < 1.29 is 0 Å². The van der Waals surface area contributed by atoms with Gasteiger partial charge < -0.3 is 4.57 Å². The summed E-state index contributed by atoms with van der Waals surface area (Å²) in [5.41, 5.74) is 15.3. The van der Waals surface area contributed by atoms with Gasteiger partial charge in [0.15, 0.2) is 0 Å². The van der Waals surface area contributed by atoms with Crippen LogP contribution in [0.15, 0.2) is 121 Å². The summed E-state index contributed by atoms with van der Waals surface area (Å²) < 4.78 is 2.40. The average molecular weight is 566 g/mol. The van der Waals surface area contributed by atoms with E-state index in [9.17, 15) is 0 Å². The van der Waals surface area contributed by atoms with Gasteiger partial charge in [-0.1, -0.05) is 103 Å². The van der Waals surface area contributed by atoms with Gasteiger partial charge in [-0.25, -0.2) is 0 Å². The highest BCUT2D eigenvalue weighted by atomic mass is 15.0. The van der Waals surface area contributed by atoms with Gasteiger partial charge in [-0.05, 0) is 125 Å². The molecule has 44 heavy (non-hydrogen) atoms. The van der Waals surface area contributed by atoms with Crippen LogP contribution in [-0.2, 0) is 0 Å². The molecule has 0 bridgehead atoms. The third-order valence-electron chi connectivity index (χ3n) is 9.68. The Bertz CT molecular complexity index is 2280. The highest BCUT2D eigenvalue weighted by Crippen LogP contribution is 2.45. The molecule has 1 heteroatoms. The van der Waals surface area contributed by atoms with Crippen molar-refractivity contribution in [3.8, 4) is 27.9 Å². The zero-order valence-electron chi connectivity index (χ0n) is 26.0. The van der Waals surface area contributed by atoms with Crippen LogP contribution >= 0.6 is 0 Å². The quantitative estimate of drug-likeness (QED) is 0.188. The lowest BCUT2D eigenvalue weighted by Crippen LogP contribution is -1.96. The van der Waals surface area contributed by atoms with E-state index in [1.54, 1.807) is 0 Å². The topological polar surface area (TPSA) is 4.93 Å². The maximum atomic E-state index is 2.41. The van der Waals surface area contributed by atoms with E-state index in [1.165, 1.54) is 99.1 Å². The number of aromatic nitrogens is 1. The number of fused-ring (bicyclic) bond motifs is 5. The second-order valence-electron chi connectivity index (χ2n) is 12.5. The van der Waals surface area contributed by atoms with Gasteiger partial charge in [-0.3, -0.25) is 0 Å². The van der Waals surface area contributed by atoms with Gasteiger partial charge in [0.1, 0.15) is 0 Å². The minimum absolute atomic E-state index is 1.18. The average Bonchev–Trinajstić information content (AvgIpc) is 3.37. The fourth-order valence-corrected chi connectivity index (χ4v) is 7.07. The summed E-state index contributed by atoms with van der Waals surface area (Å²) in [6, 6.07) is 45.3. The fraction of sp³-hybridized carbons (Fsp3) is 0.116. The van der Waals surface area contributed by atoms with Crippen LogP contribution in [0.1, 0.15) is 27.8 Å². The van der Waals surface area contributed by atoms with Gasteiger partial charge in [0.05, 0.1) is 11.0 Å². The first-order valence-electron chi connectivity index (χ1n) is 15.5. The first-order valence-corrected chi connectivity index (χ1v) is 15.5. The summed E-state index contributed by atoms with van der Waals surface area (Å²) in [5, 5.41) is 7.82. The molecule has 0 N–H and O–H groups in total. The van der Waals surface area contributed by atoms with Crippen molar-refractivity contribution in [2.75, 3.05) is 0 Å². The lowest BCUT2D eigenvalue weighted by Gasteiger charge is -2.21. The number of hydrogen-bond acceptors (Lipinski definition) is 0. The third-order valence-corrected chi connectivity index (χ3v) is 9.68. The maximum absolute atomic E-state index is 2.41. The summed E-state index contributed by atoms with van der Waals surface area (Å²) in [4.78, 5) is 0. The SMILES string of the molecule is Cc1ccc(-c2c3cc(C)c(C)cc3c(-c3ccc(-n4c5ccccc5c5ccccc54)cc3)c3cc(C)c(C)cc23)cc1. The molecule has 1 aromatic heterocycles. The molecular formula is C43H35N. The number of nitrogens with zero attached hydrogens (tertiary/aromatic N) is 1. The molecule has 7 aromatic carbocycles. The molecule has 0 aliphatic rings. The Hall–Kier alpha value is -5.14. The molecule has 0 aliphatic carbocycles. The molecule has 1 nitrogen and oxygen atoms in total. The molecular weight excluding hydrogens is 530 g/mol. The number of aryl methyl sites for hydroxylation is 5. The van der Waals surface area contributed by atoms with Crippen LogP contribution in [0.4, 0.5) is 0 Å². The molecule has 1 heterocycles. The second-order valence-corrected chi connectivity index (χ2v) is 12.5. The third kappa shape index (κ3) is 4.00. The molecule has 0 fully saturated rings. The number of rotatable bonds is 3. The normalized spacial score (nSPS) is 11.8. The van der Waals surface area contributed by atoms with Crippen LogP contribution in [0.2, 0.25) is 0 Å². The minimum atomic E-state index is 1.18. The van der Waals surface area contributed by atoms with Crippen LogP contribution in [0.25, 0.3) is 71.3 Å². The smallest absolute Gasteiger partial charge is 0.0541 e. The number of para-hydroxylation sites is 2. The molecule has 0 amide bonds. The van der Waals surface area contributed by atoms with Crippen LogP contribution < -0.4 is 0 Å². The summed E-state index contributed by atoms with van der Waals surface area (Å²) in [6.45, 7) is 11.1. The maximum Gasteiger partial charge on any atom is 0.0541 e. The molecule has 212 valence electrons. The Morgan fingerprint density at radius 1 is 0.364 bits per heavy atom. The fourth-order valence-electron chi connectivity index (χ4n) is 7.07. The summed E-state index contributed by atoms with van der Waals surface area (Å²) in [5.74, 6) is 0. The van der Waals surface area contributed by atoms with Crippen molar-refractivity contribution in [3.63, 3.8) is 0 Å². The zero-order valence-corrected chi connectivity index (χ0v) is 26.0. The predicted octanol–water partition coefficient (Wildman–Crippen LogP) is 12.0. The predicted molar refractivity (Wildman–Crippen MR) is 190 cm³/mol. The lowest BCUT2D eigenvalue weighted by molar-refractivity contribution is 1.18. The monoisotopic (exact) mass is 565 g/mol. The van der Waals surface area contributed by atoms with Gasteiger partial charge in [0.25, 0.3) is 0 Å². The van der Waals surface area contributed by atoms with Crippen molar-refractivity contribution >= 4 is 43.4 Å². The molecule has 0 unspecified atom stereocenters. The molecule has 0 saturated carbocycles. The van der Waals surface area contributed by atoms with Crippen molar-refractivity contribution in [2.45, 2.75) is 34.6 Å². The highest BCUT2D eigenvalue weighted by molar-refractivity contribution is 6.22. The van der Waals surface area contributed by atoms with Gasteiger partial charge in [0, 0.05) is 16.5 Å². The van der Waals surface area contributed by atoms with E-state index in [1.807, 2.05) is 0 Å². The van der Waals surface area contributed by atoms with Crippen LogP contribution in [0.3, 0.4) is 0 Å². The van der Waals surface area contributed by atoms with E-state index >= 15 is 0 Å². The van der Waals surface area contributed by atoms with Gasteiger partial charge in [-0.15, -0.1) is 0 Å². The highest BCUT2D eigenvalue weighted by Gasteiger charge is 2.19. The van der Waals surface area contributed by atoms with E-state index in [0.717, 1.165) is 0 Å². The van der Waals surface area contributed by atoms with Crippen molar-refractivity contribution in [3.05, 3.63) is 149 Å². The zero-order chi connectivity index (χ0) is 30.1. The van der Waals surface area contributed by atoms with E-state index in [2.05, 4.69) is 161 Å². The Balaban J connectivity index is 1.43. The first-order chi connectivity index (χ1) is 21.4. The molecule has 8 rings (SSSR count). The van der Waals surface area contributed by atoms with Gasteiger partial charge in [0.2, 0.25) is 0 Å². The van der Waals surface area contributed by atoms with Gasteiger partial charge in [-0.2, -0.15) is 0 Å². The molecule has 0 saturated heterocycles. The first kappa shape index (κ1) is 26.5. The van der Waals surface area contributed by atoms with Crippen LogP contribution in [0.5, 0.6) is 0 Å². The molecule has 8 aromatic rings. The van der Waals surface area contributed by atoms with Crippen molar-refractivity contribution in [1.82, 2.24) is 4.57 Å². The van der Waals surface area contributed by atoms with Crippen molar-refractivity contribution in [2.24, 2.45) is 0 Å². The number of hydrogen-bond donors (Lipinski definition) is 0. The molecule has 0 radical (unpaired) electrons. The van der Waals surface area contributed by atoms with E-state index in [4.69, 9.17) is 0 Å². The van der Waals surface area contributed by atoms with Crippen molar-refractivity contribution in [1.29, 1.82) is 0 Å². The van der Waals surface area contributed by atoms with E-state index in [-0.39, 0.29) is 0 Å². The molecule has 0 aliphatic heterocycles. The molecule has 0 spiro atoms. The van der Waals surface area contributed by atoms with Gasteiger partial charge >= 0.3 is 0 Å². The summed E-state index contributed by atoms with van der Waals surface area (Å²) in [7, 11) is 0. The Labute approximate surface area is 259 Å². The minimum Gasteiger partial charge on any atom is -0.309 e.